The zero-order valence-corrected chi connectivity index (χ0v) is 8.20. The van der Waals surface area contributed by atoms with E-state index in [1.54, 1.807) is 6.92 Å². The summed E-state index contributed by atoms with van der Waals surface area (Å²) in [6.07, 6.45) is 1.44. The molecule has 0 radical (unpaired) electrons. The lowest BCUT2D eigenvalue weighted by Crippen LogP contribution is -2.21. The third-order valence-corrected chi connectivity index (χ3v) is 1.86. The second kappa shape index (κ2) is 5.05. The van der Waals surface area contributed by atoms with Gasteiger partial charge in [-0.15, -0.1) is 0 Å². The predicted molar refractivity (Wildman–Crippen MR) is 52.2 cm³/mol. The number of carbonyl (C=O) groups excluding carboxylic acids is 1. The Morgan fingerprint density at radius 3 is 2.93 bits per heavy atom. The highest BCUT2D eigenvalue weighted by atomic mass is 19.1. The number of nitrogens with zero attached hydrogens (tertiary/aromatic N) is 2. The van der Waals surface area contributed by atoms with Crippen LogP contribution in [0.15, 0.2) is 18.3 Å². The van der Waals surface area contributed by atoms with Crippen LogP contribution in [-0.2, 0) is 4.79 Å². The van der Waals surface area contributed by atoms with Crippen LogP contribution in [0.4, 0.5) is 10.2 Å². The maximum absolute atomic E-state index is 12.5. The number of nitriles is 1. The molecule has 1 heterocycles. The number of hydrogen-bond donors (Lipinski definition) is 1. The van der Waals surface area contributed by atoms with Crippen LogP contribution in [0.3, 0.4) is 0 Å². The first-order chi connectivity index (χ1) is 7.17. The van der Waals surface area contributed by atoms with Crippen LogP contribution in [0, 0.1) is 23.1 Å². The minimum Gasteiger partial charge on any atom is -0.310 e. The average molecular weight is 207 g/mol. The summed E-state index contributed by atoms with van der Waals surface area (Å²) in [6.45, 7) is 1.74. The highest BCUT2D eigenvalue weighted by Gasteiger charge is 2.15. The summed E-state index contributed by atoms with van der Waals surface area (Å²) in [5.41, 5.74) is 0. The summed E-state index contributed by atoms with van der Waals surface area (Å²) in [5, 5.41) is 11.1. The van der Waals surface area contributed by atoms with E-state index in [0.29, 0.717) is 6.42 Å². The number of rotatable bonds is 3. The molecule has 0 aliphatic rings. The van der Waals surface area contributed by atoms with Crippen molar-refractivity contribution in [3.8, 4) is 6.07 Å². The largest absolute Gasteiger partial charge is 0.310 e. The number of anilines is 1. The molecule has 5 heteroatoms. The van der Waals surface area contributed by atoms with E-state index in [-0.39, 0.29) is 5.82 Å². The molecule has 0 fully saturated rings. The van der Waals surface area contributed by atoms with Crippen LogP contribution < -0.4 is 5.32 Å². The average Bonchev–Trinajstić information content (AvgIpc) is 2.23. The van der Waals surface area contributed by atoms with Gasteiger partial charge in [0, 0.05) is 0 Å². The molecule has 0 bridgehead atoms. The van der Waals surface area contributed by atoms with E-state index in [4.69, 9.17) is 5.26 Å². The van der Waals surface area contributed by atoms with Gasteiger partial charge >= 0.3 is 0 Å². The fourth-order valence-electron chi connectivity index (χ4n) is 0.998. The molecule has 78 valence electrons. The molecule has 1 N–H and O–H groups in total. The first-order valence-corrected chi connectivity index (χ1v) is 4.49. The SMILES string of the molecule is CCC(C#N)C(=O)Nc1ccc(F)cn1. The predicted octanol–water partition coefficient (Wildman–Crippen LogP) is 1.71. The number of pyridine rings is 1. The lowest BCUT2D eigenvalue weighted by molar-refractivity contribution is -0.118. The summed E-state index contributed by atoms with van der Waals surface area (Å²) in [5.74, 6) is -1.34. The molecule has 0 aliphatic heterocycles. The van der Waals surface area contributed by atoms with Crippen molar-refractivity contribution >= 4 is 11.7 Å². The molecule has 1 aromatic rings. The van der Waals surface area contributed by atoms with Crippen LogP contribution in [0.2, 0.25) is 0 Å². The van der Waals surface area contributed by atoms with Gasteiger partial charge in [-0.05, 0) is 18.6 Å². The Morgan fingerprint density at radius 1 is 1.73 bits per heavy atom. The first kappa shape index (κ1) is 11.1. The second-order valence-electron chi connectivity index (χ2n) is 2.94. The quantitative estimate of drug-likeness (QED) is 0.820. The number of nitrogens with one attached hydrogen (secondary N) is 1. The molecule has 1 unspecified atom stereocenters. The molecule has 15 heavy (non-hydrogen) atoms. The van der Waals surface area contributed by atoms with E-state index in [1.807, 2.05) is 6.07 Å². The van der Waals surface area contributed by atoms with Gasteiger partial charge in [0.2, 0.25) is 5.91 Å². The van der Waals surface area contributed by atoms with Crippen LogP contribution in [0.1, 0.15) is 13.3 Å². The summed E-state index contributed by atoms with van der Waals surface area (Å²) in [4.78, 5) is 15.0. The van der Waals surface area contributed by atoms with Gasteiger partial charge in [0.05, 0.1) is 12.3 Å². The van der Waals surface area contributed by atoms with Crippen molar-refractivity contribution in [3.63, 3.8) is 0 Å². The van der Waals surface area contributed by atoms with Crippen LogP contribution in [0.25, 0.3) is 0 Å². The molecule has 0 spiro atoms. The second-order valence-corrected chi connectivity index (χ2v) is 2.94. The normalized spacial score (nSPS) is 11.5. The lowest BCUT2D eigenvalue weighted by Gasteiger charge is -2.06. The fraction of sp³-hybridized carbons (Fsp3) is 0.300. The Morgan fingerprint density at radius 2 is 2.47 bits per heavy atom. The summed E-state index contributed by atoms with van der Waals surface area (Å²) in [7, 11) is 0. The fourth-order valence-corrected chi connectivity index (χ4v) is 0.998. The lowest BCUT2D eigenvalue weighted by atomic mass is 10.1. The van der Waals surface area contributed by atoms with E-state index < -0.39 is 17.6 Å². The van der Waals surface area contributed by atoms with Crippen molar-refractivity contribution in [3.05, 3.63) is 24.1 Å². The van der Waals surface area contributed by atoms with Crippen molar-refractivity contribution in [1.29, 1.82) is 5.26 Å². The van der Waals surface area contributed by atoms with Crippen LogP contribution in [0.5, 0.6) is 0 Å². The minimum atomic E-state index is -0.697. The van der Waals surface area contributed by atoms with Gasteiger partial charge in [-0.3, -0.25) is 4.79 Å². The molecular weight excluding hydrogens is 197 g/mol. The Labute approximate surface area is 86.7 Å². The Hall–Kier alpha value is -1.96. The van der Waals surface area contributed by atoms with E-state index in [2.05, 4.69) is 10.3 Å². The van der Waals surface area contributed by atoms with Gasteiger partial charge in [-0.1, -0.05) is 6.92 Å². The molecule has 1 amide bonds. The number of hydrogen-bond acceptors (Lipinski definition) is 3. The van der Waals surface area contributed by atoms with Gasteiger partial charge in [0.25, 0.3) is 0 Å². The van der Waals surface area contributed by atoms with Gasteiger partial charge in [-0.25, -0.2) is 9.37 Å². The third-order valence-electron chi connectivity index (χ3n) is 1.86. The van der Waals surface area contributed by atoms with Crippen LogP contribution in [-0.4, -0.2) is 10.9 Å². The number of aromatic nitrogens is 1. The first-order valence-electron chi connectivity index (χ1n) is 4.49. The minimum absolute atomic E-state index is 0.245. The number of amides is 1. The summed E-state index contributed by atoms with van der Waals surface area (Å²) >= 11 is 0. The van der Waals surface area contributed by atoms with Crippen LogP contribution >= 0.6 is 0 Å². The molecule has 0 aliphatic carbocycles. The zero-order valence-electron chi connectivity index (χ0n) is 8.20. The topological polar surface area (TPSA) is 65.8 Å². The zero-order chi connectivity index (χ0) is 11.3. The number of carbonyl (C=O) groups is 1. The number of halogens is 1. The molecule has 0 saturated heterocycles. The molecule has 4 nitrogen and oxygen atoms in total. The third kappa shape index (κ3) is 3.02. The molecule has 0 aromatic carbocycles. The van der Waals surface area contributed by atoms with Crippen molar-refractivity contribution in [2.75, 3.05) is 5.32 Å². The molecule has 1 rings (SSSR count). The molecule has 1 atom stereocenters. The summed E-state index contributed by atoms with van der Waals surface area (Å²) in [6, 6.07) is 4.40. The molecular formula is C10H10FN3O. The smallest absolute Gasteiger partial charge is 0.242 e. The van der Waals surface area contributed by atoms with Gasteiger partial charge < -0.3 is 5.32 Å². The highest BCUT2D eigenvalue weighted by Crippen LogP contribution is 2.07. The Kier molecular flexibility index (Phi) is 3.75. The Balaban J connectivity index is 2.67. The maximum Gasteiger partial charge on any atom is 0.242 e. The molecule has 0 saturated carbocycles. The van der Waals surface area contributed by atoms with Crippen molar-refractivity contribution in [2.45, 2.75) is 13.3 Å². The van der Waals surface area contributed by atoms with Gasteiger partial charge in [0.15, 0.2) is 0 Å². The van der Waals surface area contributed by atoms with E-state index in [0.717, 1.165) is 6.20 Å². The molecule has 1 aromatic heterocycles. The van der Waals surface area contributed by atoms with Crippen molar-refractivity contribution in [1.82, 2.24) is 4.98 Å². The maximum atomic E-state index is 12.5. The van der Waals surface area contributed by atoms with Gasteiger partial charge in [-0.2, -0.15) is 5.26 Å². The van der Waals surface area contributed by atoms with Crippen molar-refractivity contribution < 1.29 is 9.18 Å². The van der Waals surface area contributed by atoms with Gasteiger partial charge in [0.1, 0.15) is 17.6 Å². The van der Waals surface area contributed by atoms with E-state index in [1.165, 1.54) is 12.1 Å². The van der Waals surface area contributed by atoms with E-state index >= 15 is 0 Å². The summed E-state index contributed by atoms with van der Waals surface area (Å²) < 4.78 is 12.5. The standard InChI is InChI=1S/C10H10FN3O/c1-2-7(5-12)10(15)14-9-4-3-8(11)6-13-9/h3-4,6-7H,2H2,1H3,(H,13,14,15). The van der Waals surface area contributed by atoms with E-state index in [9.17, 15) is 9.18 Å². The Bertz CT molecular complexity index is 383. The highest BCUT2D eigenvalue weighted by molar-refractivity contribution is 5.93. The van der Waals surface area contributed by atoms with Crippen molar-refractivity contribution in [2.24, 2.45) is 5.92 Å². The monoisotopic (exact) mass is 207 g/mol.